The molecule has 1 fully saturated rings. The first-order chi connectivity index (χ1) is 11.6. The smallest absolute Gasteiger partial charge is 0.317 e. The second-order valence-corrected chi connectivity index (χ2v) is 6.80. The Hall–Kier alpha value is -1.88. The summed E-state index contributed by atoms with van der Waals surface area (Å²) >= 11 is 0. The molecule has 130 valence electrons. The first-order valence-corrected chi connectivity index (χ1v) is 8.92. The van der Waals surface area contributed by atoms with E-state index in [4.69, 9.17) is 5.11 Å². The quantitative estimate of drug-likeness (QED) is 0.898. The number of carbonyl (C=O) groups is 2. The van der Waals surface area contributed by atoms with Crippen LogP contribution in [-0.2, 0) is 16.0 Å². The predicted octanol–water partition coefficient (Wildman–Crippen LogP) is 2.11. The van der Waals surface area contributed by atoms with Crippen LogP contribution < -0.4 is 0 Å². The molecular weight excluding hydrogens is 304 g/mol. The van der Waals surface area contributed by atoms with Gasteiger partial charge in [0.2, 0.25) is 5.91 Å². The molecule has 5 heteroatoms. The lowest BCUT2D eigenvalue weighted by Crippen LogP contribution is -2.48. The fourth-order valence-corrected chi connectivity index (χ4v) is 4.16. The highest BCUT2D eigenvalue weighted by molar-refractivity contribution is 5.85. The van der Waals surface area contributed by atoms with Gasteiger partial charge in [0, 0.05) is 19.1 Å². The molecule has 1 N–H and O–H groups in total. The standard InChI is InChI=1S/C19H26N2O3/c1-2-20(13-18(22)23)15-9-11-21(12-10-15)19(24)17-8-7-14-5-3-4-6-16(14)17/h3-6,15,17H,2,7-13H2,1H3,(H,22,23). The van der Waals surface area contributed by atoms with E-state index < -0.39 is 5.97 Å². The van der Waals surface area contributed by atoms with Crippen molar-refractivity contribution in [3.63, 3.8) is 0 Å². The number of piperidine rings is 1. The van der Waals surface area contributed by atoms with Crippen LogP contribution in [-0.4, -0.2) is 59.0 Å². The number of fused-ring (bicyclic) bond motifs is 1. The zero-order chi connectivity index (χ0) is 17.1. The molecule has 2 aliphatic rings. The maximum absolute atomic E-state index is 12.9. The number of carbonyl (C=O) groups excluding carboxylic acids is 1. The highest BCUT2D eigenvalue weighted by atomic mass is 16.4. The molecule has 1 saturated heterocycles. The fourth-order valence-electron chi connectivity index (χ4n) is 4.16. The van der Waals surface area contributed by atoms with Gasteiger partial charge in [-0.05, 0) is 43.4 Å². The lowest BCUT2D eigenvalue weighted by Gasteiger charge is -2.38. The molecule has 3 rings (SSSR count). The van der Waals surface area contributed by atoms with E-state index in [2.05, 4.69) is 12.1 Å². The molecule has 1 amide bonds. The van der Waals surface area contributed by atoms with Gasteiger partial charge in [0.25, 0.3) is 0 Å². The van der Waals surface area contributed by atoms with E-state index >= 15 is 0 Å². The second kappa shape index (κ2) is 7.34. The highest BCUT2D eigenvalue weighted by Crippen LogP contribution is 2.35. The number of benzene rings is 1. The number of carboxylic acids is 1. The van der Waals surface area contributed by atoms with Crippen molar-refractivity contribution >= 4 is 11.9 Å². The third-order valence-electron chi connectivity index (χ3n) is 5.47. The van der Waals surface area contributed by atoms with Crippen LogP contribution in [0.4, 0.5) is 0 Å². The lowest BCUT2D eigenvalue weighted by atomic mass is 9.97. The summed E-state index contributed by atoms with van der Waals surface area (Å²) in [5, 5.41) is 9.02. The van der Waals surface area contributed by atoms with Crippen LogP contribution in [0.2, 0.25) is 0 Å². The topological polar surface area (TPSA) is 60.9 Å². The summed E-state index contributed by atoms with van der Waals surface area (Å²) in [6, 6.07) is 8.54. The van der Waals surface area contributed by atoms with Crippen LogP contribution in [0.3, 0.4) is 0 Å². The number of carboxylic acid groups (broad SMARTS) is 1. The van der Waals surface area contributed by atoms with Gasteiger partial charge in [0.15, 0.2) is 0 Å². The number of nitrogens with zero attached hydrogens (tertiary/aromatic N) is 2. The largest absolute Gasteiger partial charge is 0.480 e. The Kier molecular flexibility index (Phi) is 5.19. The monoisotopic (exact) mass is 330 g/mol. The molecule has 0 bridgehead atoms. The molecular formula is C19H26N2O3. The molecule has 0 spiro atoms. The van der Waals surface area contributed by atoms with E-state index in [1.54, 1.807) is 0 Å². The number of likely N-dealkylation sites (N-methyl/N-ethyl adjacent to an activating group) is 1. The van der Waals surface area contributed by atoms with Crippen molar-refractivity contribution in [2.24, 2.45) is 0 Å². The molecule has 0 saturated carbocycles. The Morgan fingerprint density at radius 2 is 1.92 bits per heavy atom. The van der Waals surface area contributed by atoms with Crippen molar-refractivity contribution in [2.75, 3.05) is 26.2 Å². The van der Waals surface area contributed by atoms with Gasteiger partial charge in [-0.2, -0.15) is 0 Å². The van der Waals surface area contributed by atoms with Crippen molar-refractivity contribution in [2.45, 2.75) is 44.6 Å². The minimum absolute atomic E-state index is 0.0130. The Morgan fingerprint density at radius 3 is 2.58 bits per heavy atom. The van der Waals surface area contributed by atoms with Crippen LogP contribution in [0.1, 0.15) is 43.2 Å². The Bertz CT molecular complexity index is 608. The summed E-state index contributed by atoms with van der Waals surface area (Å²) in [6.45, 7) is 4.29. The molecule has 1 aliphatic heterocycles. The normalized spacial score (nSPS) is 21.1. The van der Waals surface area contributed by atoms with E-state index in [9.17, 15) is 9.59 Å². The number of rotatable bonds is 5. The van der Waals surface area contributed by atoms with Gasteiger partial charge in [-0.1, -0.05) is 31.2 Å². The van der Waals surface area contributed by atoms with Gasteiger partial charge in [-0.3, -0.25) is 14.5 Å². The lowest BCUT2D eigenvalue weighted by molar-refractivity contribution is -0.140. The van der Waals surface area contributed by atoms with Crippen LogP contribution in [0.25, 0.3) is 0 Å². The van der Waals surface area contributed by atoms with Crippen LogP contribution in [0.5, 0.6) is 0 Å². The van der Waals surface area contributed by atoms with E-state index in [1.165, 1.54) is 11.1 Å². The summed E-state index contributed by atoms with van der Waals surface area (Å²) in [5.41, 5.74) is 2.51. The molecule has 0 aromatic heterocycles. The molecule has 1 aromatic carbocycles. The van der Waals surface area contributed by atoms with Crippen molar-refractivity contribution < 1.29 is 14.7 Å². The first-order valence-electron chi connectivity index (χ1n) is 8.92. The molecule has 24 heavy (non-hydrogen) atoms. The Morgan fingerprint density at radius 1 is 1.21 bits per heavy atom. The molecule has 0 radical (unpaired) electrons. The average molecular weight is 330 g/mol. The van der Waals surface area contributed by atoms with Gasteiger partial charge < -0.3 is 10.0 Å². The van der Waals surface area contributed by atoms with Gasteiger partial charge >= 0.3 is 5.97 Å². The van der Waals surface area contributed by atoms with E-state index in [-0.39, 0.29) is 24.4 Å². The molecule has 1 unspecified atom stereocenters. The molecule has 5 nitrogen and oxygen atoms in total. The summed E-state index contributed by atoms with van der Waals surface area (Å²) in [5.74, 6) is -0.517. The van der Waals surface area contributed by atoms with Crippen LogP contribution in [0.15, 0.2) is 24.3 Å². The minimum atomic E-state index is -0.780. The average Bonchev–Trinajstić information content (AvgIpc) is 3.03. The highest BCUT2D eigenvalue weighted by Gasteiger charge is 2.34. The number of hydrogen-bond donors (Lipinski definition) is 1. The Balaban J connectivity index is 1.59. The third kappa shape index (κ3) is 3.46. The zero-order valence-electron chi connectivity index (χ0n) is 14.3. The number of aliphatic carboxylic acids is 1. The first kappa shape index (κ1) is 17.0. The predicted molar refractivity (Wildman–Crippen MR) is 92.0 cm³/mol. The van der Waals surface area contributed by atoms with E-state index in [0.717, 1.165) is 45.3 Å². The SMILES string of the molecule is CCN(CC(=O)O)C1CCN(C(=O)C2CCc3ccccc32)CC1. The summed E-state index contributed by atoms with van der Waals surface area (Å²) in [6.07, 6.45) is 3.63. The summed E-state index contributed by atoms with van der Waals surface area (Å²) < 4.78 is 0. The number of aryl methyl sites for hydroxylation is 1. The maximum atomic E-state index is 12.9. The van der Waals surface area contributed by atoms with Gasteiger partial charge in [0.05, 0.1) is 12.5 Å². The van der Waals surface area contributed by atoms with E-state index in [1.807, 2.05) is 28.9 Å². The maximum Gasteiger partial charge on any atom is 0.317 e. The van der Waals surface area contributed by atoms with Crippen LogP contribution in [0, 0.1) is 0 Å². The number of hydrogen-bond acceptors (Lipinski definition) is 3. The van der Waals surface area contributed by atoms with Gasteiger partial charge in [-0.25, -0.2) is 0 Å². The molecule has 1 aromatic rings. The molecule has 1 atom stereocenters. The number of amides is 1. The third-order valence-corrected chi connectivity index (χ3v) is 5.47. The van der Waals surface area contributed by atoms with Crippen molar-refractivity contribution in [3.05, 3.63) is 35.4 Å². The second-order valence-electron chi connectivity index (χ2n) is 6.80. The fraction of sp³-hybridized carbons (Fsp3) is 0.579. The summed E-state index contributed by atoms with van der Waals surface area (Å²) in [4.78, 5) is 27.9. The van der Waals surface area contributed by atoms with E-state index in [0.29, 0.717) is 0 Å². The summed E-state index contributed by atoms with van der Waals surface area (Å²) in [7, 11) is 0. The van der Waals surface area contributed by atoms with Crippen molar-refractivity contribution in [1.29, 1.82) is 0 Å². The van der Waals surface area contributed by atoms with Crippen LogP contribution >= 0.6 is 0 Å². The van der Waals surface area contributed by atoms with Crippen molar-refractivity contribution in [3.8, 4) is 0 Å². The minimum Gasteiger partial charge on any atom is -0.480 e. The van der Waals surface area contributed by atoms with Gasteiger partial charge in [-0.15, -0.1) is 0 Å². The zero-order valence-corrected chi connectivity index (χ0v) is 14.3. The molecule has 1 aliphatic carbocycles. The van der Waals surface area contributed by atoms with Crippen molar-refractivity contribution in [1.82, 2.24) is 9.80 Å². The number of likely N-dealkylation sites (tertiary alicyclic amines) is 1. The molecule has 1 heterocycles. The Labute approximate surface area is 143 Å². The van der Waals surface area contributed by atoms with Gasteiger partial charge in [0.1, 0.15) is 0 Å².